The fourth-order valence-electron chi connectivity index (χ4n) is 1.87. The Morgan fingerprint density at radius 1 is 1.21 bits per heavy atom. The molecule has 2 heterocycles. The van der Waals surface area contributed by atoms with Crippen LogP contribution >= 0.6 is 0 Å². The molecule has 0 aliphatic carbocycles. The van der Waals surface area contributed by atoms with Crippen molar-refractivity contribution in [2.24, 2.45) is 0 Å². The Hall–Kier alpha value is -2.89. The molecule has 94 valence electrons. The number of aromatic hydroxyl groups is 1. The van der Waals surface area contributed by atoms with Gasteiger partial charge in [0.15, 0.2) is 11.4 Å². The fraction of sp³-hybridized carbons (Fsp3) is 0. The maximum atomic E-state index is 12.2. The van der Waals surface area contributed by atoms with Gasteiger partial charge in [-0.25, -0.2) is 4.98 Å². The van der Waals surface area contributed by atoms with E-state index in [9.17, 15) is 14.7 Å². The summed E-state index contributed by atoms with van der Waals surface area (Å²) < 4.78 is 0. The van der Waals surface area contributed by atoms with Crippen LogP contribution in [0.1, 0.15) is 15.9 Å². The number of carbonyl (C=O) groups is 1. The maximum absolute atomic E-state index is 12.2. The molecule has 0 aliphatic rings. The second kappa shape index (κ2) is 4.09. The summed E-state index contributed by atoms with van der Waals surface area (Å²) in [6, 6.07) is 7.68. The number of nitrogens with zero attached hydrogens (tertiary/aromatic N) is 1. The molecule has 6 nitrogen and oxygen atoms in total. The first-order chi connectivity index (χ1) is 9.16. The van der Waals surface area contributed by atoms with Gasteiger partial charge in [-0.1, -0.05) is 12.1 Å². The Bertz CT molecular complexity index is 832. The average molecular weight is 255 g/mol. The predicted octanol–water partition coefficient (Wildman–Crippen LogP) is 1.19. The quantitative estimate of drug-likeness (QED) is 0.599. The third-order valence-electron chi connectivity index (χ3n) is 2.84. The zero-order chi connectivity index (χ0) is 13.4. The Kier molecular flexibility index (Phi) is 2.42. The number of pyridine rings is 1. The van der Waals surface area contributed by atoms with Crippen LogP contribution in [0.2, 0.25) is 0 Å². The Labute approximate surface area is 106 Å². The summed E-state index contributed by atoms with van der Waals surface area (Å²) in [5, 5.41) is 14.9. The lowest BCUT2D eigenvalue weighted by Gasteiger charge is -2.02. The number of para-hydroxylation sites is 1. The number of aromatic nitrogens is 3. The molecule has 0 saturated heterocycles. The van der Waals surface area contributed by atoms with Crippen LogP contribution < -0.4 is 5.56 Å². The largest absolute Gasteiger partial charge is 0.507 e. The van der Waals surface area contributed by atoms with Crippen LogP contribution in [0, 0.1) is 0 Å². The highest BCUT2D eigenvalue weighted by molar-refractivity contribution is 6.11. The van der Waals surface area contributed by atoms with E-state index in [-0.39, 0.29) is 28.2 Å². The molecule has 1 aromatic carbocycles. The van der Waals surface area contributed by atoms with Crippen LogP contribution in [0.25, 0.3) is 11.0 Å². The maximum Gasteiger partial charge on any atom is 0.273 e. The van der Waals surface area contributed by atoms with Crippen LogP contribution in [-0.4, -0.2) is 26.1 Å². The minimum absolute atomic E-state index is 0.101. The third kappa shape index (κ3) is 1.79. The lowest BCUT2D eigenvalue weighted by molar-refractivity contribution is 0.103. The zero-order valence-electron chi connectivity index (χ0n) is 9.68. The first-order valence-electron chi connectivity index (χ1n) is 5.56. The lowest BCUT2D eigenvalue weighted by atomic mass is 10.0. The molecular weight excluding hydrogens is 246 g/mol. The van der Waals surface area contributed by atoms with Crippen molar-refractivity contribution in [2.45, 2.75) is 0 Å². The SMILES string of the molecule is O=C(c1cnc2[nH][nH]c(=O)c2c1)c1ccccc1O. The number of hydrogen-bond donors (Lipinski definition) is 3. The van der Waals surface area contributed by atoms with Gasteiger partial charge >= 0.3 is 0 Å². The van der Waals surface area contributed by atoms with Gasteiger partial charge in [0, 0.05) is 11.8 Å². The number of fused-ring (bicyclic) bond motifs is 1. The number of benzene rings is 1. The Morgan fingerprint density at radius 3 is 2.79 bits per heavy atom. The number of rotatable bonds is 2. The highest BCUT2D eigenvalue weighted by atomic mass is 16.3. The summed E-state index contributed by atoms with van der Waals surface area (Å²) >= 11 is 0. The summed E-state index contributed by atoms with van der Waals surface area (Å²) in [5.74, 6) is -0.483. The number of phenols is 1. The van der Waals surface area contributed by atoms with Crippen molar-refractivity contribution < 1.29 is 9.90 Å². The van der Waals surface area contributed by atoms with E-state index in [0.717, 1.165) is 0 Å². The third-order valence-corrected chi connectivity index (χ3v) is 2.84. The molecule has 0 fully saturated rings. The van der Waals surface area contributed by atoms with Crippen molar-refractivity contribution >= 4 is 16.8 Å². The van der Waals surface area contributed by atoms with Gasteiger partial charge in [0.05, 0.1) is 10.9 Å². The number of ketones is 1. The molecule has 19 heavy (non-hydrogen) atoms. The first-order valence-corrected chi connectivity index (χ1v) is 5.56. The minimum Gasteiger partial charge on any atom is -0.507 e. The van der Waals surface area contributed by atoms with Crippen molar-refractivity contribution in [1.82, 2.24) is 15.2 Å². The van der Waals surface area contributed by atoms with Crippen molar-refractivity contribution in [1.29, 1.82) is 0 Å². The molecule has 2 aromatic heterocycles. The Balaban J connectivity index is 2.14. The van der Waals surface area contributed by atoms with Gasteiger partial charge in [0.2, 0.25) is 0 Å². The van der Waals surface area contributed by atoms with Crippen molar-refractivity contribution in [3.05, 3.63) is 58.0 Å². The zero-order valence-corrected chi connectivity index (χ0v) is 9.68. The van der Waals surface area contributed by atoms with Crippen LogP contribution in [0.4, 0.5) is 0 Å². The summed E-state index contributed by atoms with van der Waals surface area (Å²) in [6.45, 7) is 0. The molecule has 3 aromatic rings. The van der Waals surface area contributed by atoms with Gasteiger partial charge in [-0.15, -0.1) is 0 Å². The van der Waals surface area contributed by atoms with Gasteiger partial charge in [-0.3, -0.25) is 19.8 Å². The highest BCUT2D eigenvalue weighted by Gasteiger charge is 2.15. The van der Waals surface area contributed by atoms with E-state index in [1.54, 1.807) is 12.1 Å². The summed E-state index contributed by atoms with van der Waals surface area (Å²) in [6.07, 6.45) is 1.36. The molecule has 0 spiro atoms. The number of H-pyrrole nitrogens is 2. The molecule has 0 bridgehead atoms. The standard InChI is InChI=1S/C13H9N3O3/c17-10-4-2-1-3-8(10)11(18)7-5-9-12(14-6-7)15-16-13(9)19/h1-6,17H,(H2,14,15,16,19). The van der Waals surface area contributed by atoms with Crippen molar-refractivity contribution in [3.8, 4) is 5.75 Å². The first kappa shape index (κ1) is 11.2. The normalized spacial score (nSPS) is 10.7. The van der Waals surface area contributed by atoms with E-state index in [2.05, 4.69) is 15.2 Å². The molecule has 0 radical (unpaired) electrons. The number of carbonyl (C=O) groups excluding carboxylic acids is 1. The second-order valence-electron chi connectivity index (χ2n) is 4.05. The molecule has 0 amide bonds. The number of aromatic amines is 2. The van der Waals surface area contributed by atoms with Crippen LogP contribution in [0.5, 0.6) is 5.75 Å². The van der Waals surface area contributed by atoms with Crippen molar-refractivity contribution in [3.63, 3.8) is 0 Å². The van der Waals surface area contributed by atoms with Crippen molar-refractivity contribution in [2.75, 3.05) is 0 Å². The molecule has 6 heteroatoms. The van der Waals surface area contributed by atoms with E-state index in [4.69, 9.17) is 0 Å². The van der Waals surface area contributed by atoms with Crippen LogP contribution in [0.3, 0.4) is 0 Å². The average Bonchev–Trinajstić information content (AvgIpc) is 2.80. The van der Waals surface area contributed by atoms with E-state index in [1.807, 2.05) is 0 Å². The minimum atomic E-state index is -0.381. The monoisotopic (exact) mass is 255 g/mol. The number of hydrogen-bond acceptors (Lipinski definition) is 4. The molecule has 0 atom stereocenters. The highest BCUT2D eigenvalue weighted by Crippen LogP contribution is 2.20. The van der Waals surface area contributed by atoms with Gasteiger partial charge in [0.1, 0.15) is 5.75 Å². The molecule has 0 saturated carbocycles. The summed E-state index contributed by atoms with van der Waals surface area (Å²) in [5.41, 5.74) is 0.475. The predicted molar refractivity (Wildman–Crippen MR) is 68.3 cm³/mol. The molecule has 3 rings (SSSR count). The summed E-state index contributed by atoms with van der Waals surface area (Å²) in [4.78, 5) is 27.7. The van der Waals surface area contributed by atoms with Gasteiger partial charge < -0.3 is 5.11 Å². The number of phenolic OH excluding ortho intramolecular Hbond substituents is 1. The topological polar surface area (TPSA) is 98.8 Å². The molecular formula is C13H9N3O3. The molecule has 3 N–H and O–H groups in total. The Morgan fingerprint density at radius 2 is 2.00 bits per heavy atom. The lowest BCUT2D eigenvalue weighted by Crippen LogP contribution is -2.04. The van der Waals surface area contributed by atoms with Crippen LogP contribution in [0.15, 0.2) is 41.3 Å². The molecule has 0 unspecified atom stereocenters. The second-order valence-corrected chi connectivity index (χ2v) is 4.05. The van der Waals surface area contributed by atoms with E-state index in [1.165, 1.54) is 24.4 Å². The number of nitrogens with one attached hydrogen (secondary N) is 2. The van der Waals surface area contributed by atoms with E-state index >= 15 is 0 Å². The molecule has 0 aliphatic heterocycles. The summed E-state index contributed by atoms with van der Waals surface area (Å²) in [7, 11) is 0. The van der Waals surface area contributed by atoms with E-state index in [0.29, 0.717) is 11.0 Å². The van der Waals surface area contributed by atoms with Crippen LogP contribution in [-0.2, 0) is 0 Å². The van der Waals surface area contributed by atoms with Gasteiger partial charge in [0.25, 0.3) is 5.56 Å². The van der Waals surface area contributed by atoms with Gasteiger partial charge in [-0.2, -0.15) is 0 Å². The smallest absolute Gasteiger partial charge is 0.273 e. The van der Waals surface area contributed by atoms with E-state index < -0.39 is 0 Å². The van der Waals surface area contributed by atoms with Gasteiger partial charge in [-0.05, 0) is 18.2 Å². The fourth-order valence-corrected chi connectivity index (χ4v) is 1.87.